The van der Waals surface area contributed by atoms with Gasteiger partial charge in [0.15, 0.2) is 5.88 Å². The maximum absolute atomic E-state index is 11.6. The number of rotatable bonds is 10. The van der Waals surface area contributed by atoms with Gasteiger partial charge in [-0.3, -0.25) is 14.9 Å². The Bertz CT molecular complexity index is 682. The number of non-ortho nitro benzene ring substituents is 1. The van der Waals surface area contributed by atoms with Crippen LogP contribution in [0, 0.1) is 16.0 Å². The van der Waals surface area contributed by atoms with Gasteiger partial charge in [0.05, 0.1) is 10.8 Å². The first-order valence-corrected chi connectivity index (χ1v) is 9.97. The number of benzene rings is 1. The van der Waals surface area contributed by atoms with Crippen LogP contribution in [0.4, 0.5) is 5.69 Å². The summed E-state index contributed by atoms with van der Waals surface area (Å²) in [5.41, 5.74) is 0.273. The molecule has 0 saturated heterocycles. The third-order valence-electron chi connectivity index (χ3n) is 4.36. The molecule has 164 valence electrons. The number of carboxylic acid groups (broad SMARTS) is 1. The number of nitro groups is 1. The van der Waals surface area contributed by atoms with Gasteiger partial charge in [0.2, 0.25) is 0 Å². The maximum atomic E-state index is 11.6. The fraction of sp³-hybridized carbons (Fsp3) is 0.591. The summed E-state index contributed by atoms with van der Waals surface area (Å²) in [5, 5.41) is 20.4. The average molecular weight is 409 g/mol. The zero-order valence-electron chi connectivity index (χ0n) is 18.8. The molecule has 0 spiro atoms. The Hall–Kier alpha value is -2.57. The first-order valence-electron chi connectivity index (χ1n) is 9.97. The van der Waals surface area contributed by atoms with Gasteiger partial charge in [0, 0.05) is 25.2 Å². The predicted octanol–water partition coefficient (Wildman–Crippen LogP) is 5.25. The van der Waals surface area contributed by atoms with Gasteiger partial charge < -0.3 is 14.7 Å². The van der Waals surface area contributed by atoms with Crippen molar-refractivity contribution in [2.75, 3.05) is 7.05 Å². The molecule has 0 amide bonds. The number of hydrogen-bond donors (Lipinski definition) is 1. The van der Waals surface area contributed by atoms with Crippen molar-refractivity contribution >= 4 is 11.7 Å². The van der Waals surface area contributed by atoms with Crippen LogP contribution in [0.25, 0.3) is 0 Å². The zero-order chi connectivity index (χ0) is 22.8. The zero-order valence-corrected chi connectivity index (χ0v) is 18.8. The fourth-order valence-electron chi connectivity index (χ4n) is 2.70. The molecule has 7 heteroatoms. The van der Waals surface area contributed by atoms with E-state index in [2.05, 4.69) is 6.58 Å². The van der Waals surface area contributed by atoms with E-state index < -0.39 is 16.8 Å². The van der Waals surface area contributed by atoms with E-state index in [9.17, 15) is 20.0 Å². The Balaban J connectivity index is 0.00000379. The summed E-state index contributed by atoms with van der Waals surface area (Å²) in [6.07, 6.45) is 1.34. The average Bonchev–Trinajstić information content (AvgIpc) is 2.64. The van der Waals surface area contributed by atoms with Gasteiger partial charge in [-0.2, -0.15) is 0 Å². The lowest BCUT2D eigenvalue weighted by atomic mass is 9.93. The van der Waals surface area contributed by atoms with E-state index in [1.165, 1.54) is 12.1 Å². The lowest BCUT2D eigenvalue weighted by molar-refractivity contribution is -0.384. The van der Waals surface area contributed by atoms with E-state index in [1.54, 1.807) is 12.1 Å². The molecule has 0 aliphatic carbocycles. The van der Waals surface area contributed by atoms with Gasteiger partial charge in [-0.1, -0.05) is 26.0 Å². The normalized spacial score (nSPS) is 12.8. The van der Waals surface area contributed by atoms with Crippen LogP contribution in [0.1, 0.15) is 59.9 Å². The van der Waals surface area contributed by atoms with Gasteiger partial charge in [-0.25, -0.2) is 0 Å². The molecule has 1 aromatic rings. The monoisotopic (exact) mass is 408 g/mol. The highest BCUT2D eigenvalue weighted by molar-refractivity contribution is 5.70. The first kappa shape index (κ1) is 26.4. The Kier molecular flexibility index (Phi) is 11.0. The summed E-state index contributed by atoms with van der Waals surface area (Å²) in [4.78, 5) is 24.0. The number of carbonyl (C=O) groups is 1. The van der Waals surface area contributed by atoms with E-state index in [0.717, 1.165) is 0 Å². The minimum atomic E-state index is -0.902. The molecular formula is C22H36N2O5. The van der Waals surface area contributed by atoms with Crippen LogP contribution in [0.2, 0.25) is 0 Å². The van der Waals surface area contributed by atoms with E-state index in [0.29, 0.717) is 24.3 Å². The van der Waals surface area contributed by atoms with Crippen molar-refractivity contribution < 1.29 is 19.6 Å². The third-order valence-corrected chi connectivity index (χ3v) is 4.36. The van der Waals surface area contributed by atoms with Crippen LogP contribution in [-0.4, -0.2) is 39.6 Å². The number of hydrogen-bond acceptors (Lipinski definition) is 5. The highest BCUT2D eigenvalue weighted by Crippen LogP contribution is 2.22. The minimum Gasteiger partial charge on any atom is -0.481 e. The molecular weight excluding hydrogens is 372 g/mol. The Labute approximate surface area is 174 Å². The third kappa shape index (κ3) is 9.96. The van der Waals surface area contributed by atoms with Crippen LogP contribution in [0.5, 0.6) is 0 Å². The number of carboxylic acids is 1. The van der Waals surface area contributed by atoms with Gasteiger partial charge in [-0.05, 0) is 59.1 Å². The fourth-order valence-corrected chi connectivity index (χ4v) is 2.70. The minimum absolute atomic E-state index is 0.0274. The smallest absolute Gasteiger partial charge is 0.306 e. The van der Waals surface area contributed by atoms with Crippen LogP contribution < -0.4 is 0 Å². The molecule has 0 fully saturated rings. The molecule has 0 heterocycles. The van der Waals surface area contributed by atoms with Gasteiger partial charge in [-0.15, -0.1) is 0 Å². The SMILES string of the molecule is C=C(OC(C)(C)C)N(C)[C@H](C)CCC(Cc1cccc([N+](=O)[O-])c1)C(=O)O.CC. The van der Waals surface area contributed by atoms with Crippen molar-refractivity contribution in [1.82, 2.24) is 4.90 Å². The molecule has 0 aliphatic rings. The summed E-state index contributed by atoms with van der Waals surface area (Å²) in [7, 11) is 1.87. The summed E-state index contributed by atoms with van der Waals surface area (Å²) in [6, 6.07) is 6.18. The molecule has 1 rings (SSSR count). The molecule has 29 heavy (non-hydrogen) atoms. The van der Waals surface area contributed by atoms with Gasteiger partial charge in [0.25, 0.3) is 5.69 Å². The van der Waals surface area contributed by atoms with Crippen molar-refractivity contribution in [2.24, 2.45) is 5.92 Å². The van der Waals surface area contributed by atoms with Crippen molar-refractivity contribution in [3.8, 4) is 0 Å². The van der Waals surface area contributed by atoms with Crippen molar-refractivity contribution in [2.45, 2.75) is 72.4 Å². The number of aliphatic carboxylic acids is 1. The molecule has 1 N–H and O–H groups in total. The summed E-state index contributed by atoms with van der Waals surface area (Å²) >= 11 is 0. The van der Waals surface area contributed by atoms with E-state index in [1.807, 2.05) is 53.5 Å². The Morgan fingerprint density at radius 1 is 1.31 bits per heavy atom. The highest BCUT2D eigenvalue weighted by Gasteiger charge is 2.23. The Morgan fingerprint density at radius 3 is 2.38 bits per heavy atom. The number of nitro benzene ring substituents is 1. The van der Waals surface area contributed by atoms with E-state index >= 15 is 0 Å². The molecule has 7 nitrogen and oxygen atoms in total. The maximum Gasteiger partial charge on any atom is 0.306 e. The summed E-state index contributed by atoms with van der Waals surface area (Å²) in [6.45, 7) is 15.8. The molecule has 0 aromatic heterocycles. The van der Waals surface area contributed by atoms with Crippen LogP contribution in [-0.2, 0) is 16.0 Å². The second-order valence-corrected chi connectivity index (χ2v) is 7.81. The van der Waals surface area contributed by atoms with Gasteiger partial charge >= 0.3 is 5.97 Å². The molecule has 0 bridgehead atoms. The standard InChI is InChI=1S/C20H30N2O5.C2H6/c1-14(21(6)15(2)27-20(3,4)5)10-11-17(19(23)24)12-16-8-7-9-18(13-16)22(25)26;1-2/h7-9,13-14,17H,2,10-12H2,1,3-6H3,(H,23,24);1-2H3/t14-,17?;/m1./s1. The molecule has 2 atom stereocenters. The summed E-state index contributed by atoms with van der Waals surface area (Å²) < 4.78 is 5.76. The second kappa shape index (κ2) is 12.1. The predicted molar refractivity (Wildman–Crippen MR) is 116 cm³/mol. The van der Waals surface area contributed by atoms with Gasteiger partial charge in [0.1, 0.15) is 5.60 Å². The molecule has 1 aromatic carbocycles. The largest absolute Gasteiger partial charge is 0.481 e. The molecule has 0 aliphatic heterocycles. The van der Waals surface area contributed by atoms with E-state index in [-0.39, 0.29) is 23.8 Å². The quantitative estimate of drug-likeness (QED) is 0.323. The highest BCUT2D eigenvalue weighted by atomic mass is 16.6. The van der Waals surface area contributed by atoms with Crippen molar-refractivity contribution in [3.63, 3.8) is 0 Å². The number of ether oxygens (including phenoxy) is 1. The Morgan fingerprint density at radius 2 is 1.90 bits per heavy atom. The molecule has 1 unspecified atom stereocenters. The second-order valence-electron chi connectivity index (χ2n) is 7.81. The number of nitrogens with zero attached hydrogens (tertiary/aromatic N) is 2. The lowest BCUT2D eigenvalue weighted by Crippen LogP contribution is -2.33. The van der Waals surface area contributed by atoms with Crippen LogP contribution in [0.3, 0.4) is 0 Å². The lowest BCUT2D eigenvalue weighted by Gasteiger charge is -2.33. The molecule has 0 saturated carbocycles. The first-order chi connectivity index (χ1) is 13.4. The summed E-state index contributed by atoms with van der Waals surface area (Å²) in [5.74, 6) is -0.971. The molecule has 0 radical (unpaired) electrons. The van der Waals surface area contributed by atoms with Crippen molar-refractivity contribution in [1.29, 1.82) is 0 Å². The topological polar surface area (TPSA) is 92.9 Å². The van der Waals surface area contributed by atoms with Crippen molar-refractivity contribution in [3.05, 3.63) is 52.4 Å². The van der Waals surface area contributed by atoms with E-state index in [4.69, 9.17) is 4.74 Å². The van der Waals surface area contributed by atoms with Crippen LogP contribution in [0.15, 0.2) is 36.7 Å². The van der Waals surface area contributed by atoms with Crippen LogP contribution >= 0.6 is 0 Å².